The standard InChI is InChI=1S/C16H28N2S/c1-4-17-11-14-6-5-13(12(2)3)9-15(14)10-16-18-7-8-19-16/h7-8,12-15,17H,4-6,9-11H2,1-3H3. The molecule has 2 nitrogen and oxygen atoms in total. The molecule has 1 aromatic heterocycles. The average Bonchev–Trinajstić information content (AvgIpc) is 2.90. The second-order valence-electron chi connectivity index (χ2n) is 6.27. The third-order valence-corrected chi connectivity index (χ3v) is 5.50. The van der Waals surface area contributed by atoms with Crippen LogP contribution in [0, 0.1) is 23.7 Å². The van der Waals surface area contributed by atoms with Gasteiger partial charge in [-0.25, -0.2) is 4.98 Å². The molecule has 1 saturated carbocycles. The van der Waals surface area contributed by atoms with Crippen molar-refractivity contribution in [2.75, 3.05) is 13.1 Å². The number of aromatic nitrogens is 1. The summed E-state index contributed by atoms with van der Waals surface area (Å²) in [6.45, 7) is 9.26. The molecule has 1 heterocycles. The summed E-state index contributed by atoms with van der Waals surface area (Å²) in [5, 5.41) is 6.99. The van der Waals surface area contributed by atoms with Crippen molar-refractivity contribution in [2.24, 2.45) is 23.7 Å². The molecule has 108 valence electrons. The molecule has 3 atom stereocenters. The van der Waals surface area contributed by atoms with Crippen LogP contribution in [0.5, 0.6) is 0 Å². The average molecular weight is 280 g/mol. The van der Waals surface area contributed by atoms with Gasteiger partial charge in [-0.2, -0.15) is 0 Å². The topological polar surface area (TPSA) is 24.9 Å². The van der Waals surface area contributed by atoms with Crippen LogP contribution in [0.2, 0.25) is 0 Å². The fourth-order valence-corrected chi connectivity index (χ4v) is 4.11. The van der Waals surface area contributed by atoms with Gasteiger partial charge in [0.1, 0.15) is 0 Å². The zero-order valence-corrected chi connectivity index (χ0v) is 13.4. The van der Waals surface area contributed by atoms with Crippen molar-refractivity contribution in [3.63, 3.8) is 0 Å². The maximum Gasteiger partial charge on any atom is 0.0927 e. The molecule has 1 N–H and O–H groups in total. The van der Waals surface area contributed by atoms with Crippen LogP contribution in [0.4, 0.5) is 0 Å². The molecule has 0 aromatic carbocycles. The summed E-state index contributed by atoms with van der Waals surface area (Å²) >= 11 is 1.82. The highest BCUT2D eigenvalue weighted by Gasteiger charge is 2.31. The van der Waals surface area contributed by atoms with Crippen LogP contribution in [0.25, 0.3) is 0 Å². The molecule has 0 bridgehead atoms. The van der Waals surface area contributed by atoms with Crippen LogP contribution >= 0.6 is 11.3 Å². The van der Waals surface area contributed by atoms with E-state index in [0.29, 0.717) is 0 Å². The number of thiazole rings is 1. The van der Waals surface area contributed by atoms with E-state index in [1.165, 1.54) is 37.2 Å². The Morgan fingerprint density at radius 3 is 2.84 bits per heavy atom. The van der Waals surface area contributed by atoms with Crippen LogP contribution in [0.1, 0.15) is 45.0 Å². The Morgan fingerprint density at radius 2 is 2.21 bits per heavy atom. The van der Waals surface area contributed by atoms with Gasteiger partial charge in [0.15, 0.2) is 0 Å². The highest BCUT2D eigenvalue weighted by Crippen LogP contribution is 2.39. The van der Waals surface area contributed by atoms with Crippen LogP contribution in [-0.4, -0.2) is 18.1 Å². The van der Waals surface area contributed by atoms with Gasteiger partial charge >= 0.3 is 0 Å². The van der Waals surface area contributed by atoms with Gasteiger partial charge in [-0.05, 0) is 56.0 Å². The van der Waals surface area contributed by atoms with E-state index in [9.17, 15) is 0 Å². The van der Waals surface area contributed by atoms with Crippen molar-refractivity contribution < 1.29 is 0 Å². The summed E-state index contributed by atoms with van der Waals surface area (Å²) in [6.07, 6.45) is 7.35. The lowest BCUT2D eigenvalue weighted by Crippen LogP contribution is -2.35. The molecule has 0 saturated heterocycles. The first-order chi connectivity index (χ1) is 9.20. The highest BCUT2D eigenvalue weighted by atomic mass is 32.1. The van der Waals surface area contributed by atoms with E-state index in [2.05, 4.69) is 36.5 Å². The second-order valence-corrected chi connectivity index (χ2v) is 7.25. The Kier molecular flexibility index (Phi) is 5.83. The molecule has 0 aliphatic heterocycles. The van der Waals surface area contributed by atoms with Gasteiger partial charge in [0, 0.05) is 18.0 Å². The minimum absolute atomic E-state index is 0.825. The molecule has 0 spiro atoms. The first-order valence-electron chi connectivity index (χ1n) is 7.79. The molecule has 0 amide bonds. The van der Waals surface area contributed by atoms with Crippen molar-refractivity contribution in [3.05, 3.63) is 16.6 Å². The minimum Gasteiger partial charge on any atom is -0.317 e. The van der Waals surface area contributed by atoms with Gasteiger partial charge in [-0.3, -0.25) is 0 Å². The predicted molar refractivity (Wildman–Crippen MR) is 83.5 cm³/mol. The Labute approximate surface area is 122 Å². The van der Waals surface area contributed by atoms with Crippen molar-refractivity contribution in [2.45, 2.75) is 46.5 Å². The van der Waals surface area contributed by atoms with E-state index < -0.39 is 0 Å². The molecule has 1 aliphatic rings. The van der Waals surface area contributed by atoms with Gasteiger partial charge in [-0.15, -0.1) is 11.3 Å². The van der Waals surface area contributed by atoms with Crippen LogP contribution in [-0.2, 0) is 6.42 Å². The van der Waals surface area contributed by atoms with Crippen molar-refractivity contribution in [3.8, 4) is 0 Å². The van der Waals surface area contributed by atoms with Gasteiger partial charge in [0.25, 0.3) is 0 Å². The number of rotatable bonds is 6. The zero-order valence-electron chi connectivity index (χ0n) is 12.6. The largest absolute Gasteiger partial charge is 0.317 e. The van der Waals surface area contributed by atoms with Gasteiger partial charge < -0.3 is 5.32 Å². The maximum atomic E-state index is 4.49. The van der Waals surface area contributed by atoms with Crippen LogP contribution in [0.15, 0.2) is 11.6 Å². The van der Waals surface area contributed by atoms with Crippen molar-refractivity contribution >= 4 is 11.3 Å². The van der Waals surface area contributed by atoms with E-state index >= 15 is 0 Å². The summed E-state index contributed by atoms with van der Waals surface area (Å²) in [7, 11) is 0. The van der Waals surface area contributed by atoms with E-state index in [1.807, 2.05) is 17.5 Å². The Balaban J connectivity index is 1.97. The number of hydrogen-bond donors (Lipinski definition) is 1. The quantitative estimate of drug-likeness (QED) is 0.852. The lowest BCUT2D eigenvalue weighted by atomic mass is 9.69. The molecule has 19 heavy (non-hydrogen) atoms. The number of hydrogen-bond acceptors (Lipinski definition) is 3. The van der Waals surface area contributed by atoms with Gasteiger partial charge in [0.2, 0.25) is 0 Å². The molecule has 2 rings (SSSR count). The Hall–Kier alpha value is -0.410. The summed E-state index contributed by atoms with van der Waals surface area (Å²) in [5.41, 5.74) is 0. The molecule has 1 aliphatic carbocycles. The van der Waals surface area contributed by atoms with Crippen molar-refractivity contribution in [1.29, 1.82) is 0 Å². The van der Waals surface area contributed by atoms with E-state index in [0.717, 1.165) is 30.2 Å². The molecule has 3 heteroatoms. The summed E-state index contributed by atoms with van der Waals surface area (Å²) in [5.74, 6) is 3.42. The third kappa shape index (κ3) is 4.28. The summed E-state index contributed by atoms with van der Waals surface area (Å²) in [6, 6.07) is 0. The smallest absolute Gasteiger partial charge is 0.0927 e. The summed E-state index contributed by atoms with van der Waals surface area (Å²) < 4.78 is 0. The lowest BCUT2D eigenvalue weighted by molar-refractivity contribution is 0.145. The molecule has 1 fully saturated rings. The zero-order chi connectivity index (χ0) is 13.7. The normalized spacial score (nSPS) is 27.9. The number of nitrogens with one attached hydrogen (secondary N) is 1. The van der Waals surface area contributed by atoms with Crippen LogP contribution < -0.4 is 5.32 Å². The fraction of sp³-hybridized carbons (Fsp3) is 0.812. The molecule has 3 unspecified atom stereocenters. The maximum absolute atomic E-state index is 4.49. The highest BCUT2D eigenvalue weighted by molar-refractivity contribution is 7.09. The van der Waals surface area contributed by atoms with Gasteiger partial charge in [0.05, 0.1) is 5.01 Å². The molecular formula is C16H28N2S. The minimum atomic E-state index is 0.825. The molecule has 0 radical (unpaired) electrons. The van der Waals surface area contributed by atoms with Crippen LogP contribution in [0.3, 0.4) is 0 Å². The number of nitrogens with zero attached hydrogens (tertiary/aromatic N) is 1. The molecular weight excluding hydrogens is 252 g/mol. The first kappa shape index (κ1) is 15.0. The predicted octanol–water partition coefficient (Wildman–Crippen LogP) is 3.98. The van der Waals surface area contributed by atoms with Gasteiger partial charge in [-0.1, -0.05) is 20.8 Å². The van der Waals surface area contributed by atoms with E-state index in [-0.39, 0.29) is 0 Å². The van der Waals surface area contributed by atoms with E-state index in [1.54, 1.807) is 0 Å². The molecule has 1 aromatic rings. The Morgan fingerprint density at radius 1 is 1.37 bits per heavy atom. The SMILES string of the molecule is CCNCC1CCC(C(C)C)CC1Cc1nccs1. The lowest BCUT2D eigenvalue weighted by Gasteiger charge is -2.38. The fourth-order valence-electron chi connectivity index (χ4n) is 3.40. The second kappa shape index (κ2) is 7.39. The third-order valence-electron chi connectivity index (χ3n) is 4.70. The monoisotopic (exact) mass is 280 g/mol. The van der Waals surface area contributed by atoms with Crippen molar-refractivity contribution in [1.82, 2.24) is 10.3 Å². The first-order valence-corrected chi connectivity index (χ1v) is 8.67. The van der Waals surface area contributed by atoms with E-state index in [4.69, 9.17) is 0 Å². The Bertz CT molecular complexity index is 348. The summed E-state index contributed by atoms with van der Waals surface area (Å²) in [4.78, 5) is 4.49.